The number of H-pyrrole nitrogens is 1. The summed E-state index contributed by atoms with van der Waals surface area (Å²) in [5, 5.41) is 14.6. The molecule has 0 radical (unpaired) electrons. The Bertz CT molecular complexity index is 2000. The maximum Gasteiger partial charge on any atom is 0.205 e. The number of hydrogen-bond donors (Lipinski definition) is 1. The second-order valence-electron chi connectivity index (χ2n) is 10.6. The highest BCUT2D eigenvalue weighted by Gasteiger charge is 2.15. The molecule has 0 amide bonds. The van der Waals surface area contributed by atoms with E-state index in [4.69, 9.17) is 9.97 Å². The maximum atomic E-state index is 5.02. The molecule has 4 heterocycles. The quantitative estimate of drug-likeness (QED) is 0.241. The van der Waals surface area contributed by atoms with Crippen LogP contribution in [0.3, 0.4) is 0 Å². The molecule has 8 heteroatoms. The topological polar surface area (TPSA) is 89.6 Å². The van der Waals surface area contributed by atoms with E-state index in [1.807, 2.05) is 18.2 Å². The Kier molecular flexibility index (Phi) is 6.15. The van der Waals surface area contributed by atoms with E-state index in [2.05, 4.69) is 117 Å². The van der Waals surface area contributed by atoms with Crippen LogP contribution in [-0.2, 0) is 13.0 Å². The number of pyridine rings is 1. The zero-order valence-corrected chi connectivity index (χ0v) is 23.3. The molecule has 0 saturated heterocycles. The Labute approximate surface area is 237 Å². The van der Waals surface area contributed by atoms with E-state index >= 15 is 0 Å². The molecule has 0 aliphatic rings. The minimum atomic E-state index is 0.588. The second-order valence-corrected chi connectivity index (χ2v) is 10.6. The first-order valence-electron chi connectivity index (χ1n) is 14.0. The number of tetrazole rings is 1. The van der Waals surface area contributed by atoms with E-state index in [0.717, 1.165) is 69.8 Å². The van der Waals surface area contributed by atoms with E-state index < -0.39 is 0 Å². The van der Waals surface area contributed by atoms with Gasteiger partial charge in [-0.15, -0.1) is 10.2 Å². The summed E-state index contributed by atoms with van der Waals surface area (Å²) in [5.41, 5.74) is 11.9. The van der Waals surface area contributed by atoms with Gasteiger partial charge >= 0.3 is 0 Å². The van der Waals surface area contributed by atoms with Crippen LogP contribution >= 0.6 is 0 Å². The number of imidazole rings is 2. The molecule has 0 aliphatic carbocycles. The minimum Gasteiger partial charge on any atom is -0.323 e. The lowest BCUT2D eigenvalue weighted by molar-refractivity contribution is 0.722. The fourth-order valence-electron chi connectivity index (χ4n) is 5.66. The van der Waals surface area contributed by atoms with Gasteiger partial charge in [0.25, 0.3) is 0 Å². The summed E-state index contributed by atoms with van der Waals surface area (Å²) in [6.07, 6.45) is 4.09. The van der Waals surface area contributed by atoms with Crippen molar-refractivity contribution in [3.8, 4) is 33.8 Å². The molecule has 0 bridgehead atoms. The molecule has 7 aromatic rings. The highest BCUT2D eigenvalue weighted by Crippen LogP contribution is 2.31. The van der Waals surface area contributed by atoms with Gasteiger partial charge in [-0.2, -0.15) is 5.21 Å². The number of hydrogen-bond acceptors (Lipinski definition) is 5. The van der Waals surface area contributed by atoms with Crippen molar-refractivity contribution < 1.29 is 0 Å². The Balaban J connectivity index is 1.25. The van der Waals surface area contributed by atoms with Crippen molar-refractivity contribution in [3.05, 3.63) is 108 Å². The summed E-state index contributed by atoms with van der Waals surface area (Å²) >= 11 is 0. The zero-order valence-electron chi connectivity index (χ0n) is 23.3. The van der Waals surface area contributed by atoms with Crippen LogP contribution in [0.5, 0.6) is 0 Å². The van der Waals surface area contributed by atoms with Crippen molar-refractivity contribution in [1.29, 1.82) is 0 Å². The van der Waals surface area contributed by atoms with Crippen LogP contribution in [0.2, 0.25) is 0 Å². The fraction of sp³-hybridized carbons (Fsp3) is 0.182. The third-order valence-electron chi connectivity index (χ3n) is 7.62. The van der Waals surface area contributed by atoms with Gasteiger partial charge in [-0.1, -0.05) is 61.5 Å². The van der Waals surface area contributed by atoms with Crippen molar-refractivity contribution in [1.82, 2.24) is 39.6 Å². The van der Waals surface area contributed by atoms with Gasteiger partial charge in [0.1, 0.15) is 11.5 Å². The summed E-state index contributed by atoms with van der Waals surface area (Å²) in [6.45, 7) is 7.17. The van der Waals surface area contributed by atoms with Crippen molar-refractivity contribution in [2.75, 3.05) is 0 Å². The number of nitrogens with zero attached hydrogens (tertiary/aromatic N) is 7. The standard InChI is InChI=1S/C33H30N8/c1-4-7-31-34-28-15-14-25(29-20-40-22(3)16-21(2)17-32(40)35-29)18-30(28)41(31)19-23-10-12-24(13-11-23)26-8-5-6-9-27(26)33-36-38-39-37-33/h5-6,8-18,20H,4,7,19H2,1-3H3,(H,36,37,38,39). The van der Waals surface area contributed by atoms with Crippen LogP contribution in [-0.4, -0.2) is 39.6 Å². The number of fused-ring (bicyclic) bond motifs is 2. The fourth-order valence-corrected chi connectivity index (χ4v) is 5.66. The van der Waals surface area contributed by atoms with Gasteiger partial charge in [0.15, 0.2) is 0 Å². The van der Waals surface area contributed by atoms with Gasteiger partial charge in [0, 0.05) is 36.0 Å². The molecule has 4 aromatic heterocycles. The van der Waals surface area contributed by atoms with Crippen molar-refractivity contribution in [2.45, 2.75) is 40.2 Å². The highest BCUT2D eigenvalue weighted by molar-refractivity contribution is 5.83. The molecule has 0 atom stereocenters. The van der Waals surface area contributed by atoms with Crippen LogP contribution in [0.4, 0.5) is 0 Å². The molecule has 0 unspecified atom stereocenters. The SMILES string of the molecule is CCCc1nc2ccc(-c3cn4c(C)cc(C)cc4n3)cc2n1Cc1ccc(-c2ccccc2-c2nn[nH]n2)cc1. The predicted molar refractivity (Wildman–Crippen MR) is 162 cm³/mol. The maximum absolute atomic E-state index is 5.02. The number of aromatic amines is 1. The number of aryl methyl sites for hydroxylation is 3. The normalized spacial score (nSPS) is 11.6. The second kappa shape index (κ2) is 10.1. The first kappa shape index (κ1) is 24.9. The molecule has 0 aliphatic heterocycles. The Morgan fingerprint density at radius 1 is 0.829 bits per heavy atom. The van der Waals surface area contributed by atoms with Gasteiger partial charge in [0.05, 0.1) is 16.7 Å². The summed E-state index contributed by atoms with van der Waals surface area (Å²) in [4.78, 5) is 9.97. The summed E-state index contributed by atoms with van der Waals surface area (Å²) < 4.78 is 4.51. The van der Waals surface area contributed by atoms with E-state index in [1.165, 1.54) is 16.8 Å². The van der Waals surface area contributed by atoms with E-state index in [1.54, 1.807) is 0 Å². The molecule has 8 nitrogen and oxygen atoms in total. The lowest BCUT2D eigenvalue weighted by Crippen LogP contribution is -2.05. The monoisotopic (exact) mass is 538 g/mol. The predicted octanol–water partition coefficient (Wildman–Crippen LogP) is 6.82. The lowest BCUT2D eigenvalue weighted by Gasteiger charge is -2.11. The van der Waals surface area contributed by atoms with Crippen molar-refractivity contribution in [2.24, 2.45) is 0 Å². The average Bonchev–Trinajstić information content (AvgIpc) is 3.73. The van der Waals surface area contributed by atoms with Gasteiger partial charge in [0.2, 0.25) is 5.82 Å². The Morgan fingerprint density at radius 3 is 2.41 bits per heavy atom. The van der Waals surface area contributed by atoms with Crippen LogP contribution < -0.4 is 0 Å². The van der Waals surface area contributed by atoms with E-state index in [-0.39, 0.29) is 0 Å². The summed E-state index contributed by atoms with van der Waals surface area (Å²) in [6, 6.07) is 27.7. The molecule has 0 spiro atoms. The van der Waals surface area contributed by atoms with Gasteiger partial charge in [-0.25, -0.2) is 9.97 Å². The van der Waals surface area contributed by atoms with Crippen LogP contribution in [0.1, 0.15) is 36.0 Å². The smallest absolute Gasteiger partial charge is 0.205 e. The number of benzene rings is 3. The van der Waals surface area contributed by atoms with Gasteiger partial charge in [-0.05, 0) is 72.0 Å². The molecule has 1 N–H and O–H groups in total. The van der Waals surface area contributed by atoms with E-state index in [0.29, 0.717) is 5.82 Å². The molecule has 202 valence electrons. The van der Waals surface area contributed by atoms with Crippen LogP contribution in [0.25, 0.3) is 50.5 Å². The van der Waals surface area contributed by atoms with Crippen molar-refractivity contribution >= 4 is 16.7 Å². The van der Waals surface area contributed by atoms with Crippen LogP contribution in [0, 0.1) is 13.8 Å². The average molecular weight is 539 g/mol. The molecular formula is C33H30N8. The largest absolute Gasteiger partial charge is 0.323 e. The Hall–Kier alpha value is -5.11. The lowest BCUT2D eigenvalue weighted by atomic mass is 9.98. The first-order chi connectivity index (χ1) is 20.1. The number of aromatic nitrogens is 8. The number of rotatable bonds is 7. The van der Waals surface area contributed by atoms with Gasteiger partial charge in [-0.3, -0.25) is 0 Å². The third kappa shape index (κ3) is 4.57. The van der Waals surface area contributed by atoms with Crippen molar-refractivity contribution in [3.63, 3.8) is 0 Å². The van der Waals surface area contributed by atoms with E-state index in [9.17, 15) is 0 Å². The third-order valence-corrected chi connectivity index (χ3v) is 7.62. The van der Waals surface area contributed by atoms with Gasteiger partial charge < -0.3 is 8.97 Å². The molecular weight excluding hydrogens is 508 g/mol. The molecule has 3 aromatic carbocycles. The minimum absolute atomic E-state index is 0.588. The zero-order chi connectivity index (χ0) is 27.9. The number of nitrogens with one attached hydrogen (secondary N) is 1. The Morgan fingerprint density at radius 2 is 1.63 bits per heavy atom. The summed E-state index contributed by atoms with van der Waals surface area (Å²) in [5.74, 6) is 1.69. The molecule has 7 rings (SSSR count). The van der Waals surface area contributed by atoms with Crippen LogP contribution in [0.15, 0.2) is 85.1 Å². The highest BCUT2D eigenvalue weighted by atomic mass is 15.5. The molecule has 0 fully saturated rings. The molecule has 0 saturated carbocycles. The summed E-state index contributed by atoms with van der Waals surface area (Å²) in [7, 11) is 0. The molecule has 41 heavy (non-hydrogen) atoms. The first-order valence-corrected chi connectivity index (χ1v) is 14.0.